The molecule has 0 bridgehead atoms. The lowest BCUT2D eigenvalue weighted by Crippen LogP contribution is -2.57. The maximum absolute atomic E-state index is 13.7. The van der Waals surface area contributed by atoms with Crippen molar-refractivity contribution in [2.75, 3.05) is 11.9 Å². The molecule has 0 aliphatic carbocycles. The summed E-state index contributed by atoms with van der Waals surface area (Å²) in [7, 11) is 0. The fourth-order valence-electron chi connectivity index (χ4n) is 4.92. The van der Waals surface area contributed by atoms with Crippen molar-refractivity contribution >= 4 is 45.0 Å². The second-order valence-corrected chi connectivity index (χ2v) is 13.3. The molecule has 1 fully saturated rings. The van der Waals surface area contributed by atoms with Crippen LogP contribution in [0.25, 0.3) is 10.4 Å². The van der Waals surface area contributed by atoms with E-state index >= 15 is 0 Å². The van der Waals surface area contributed by atoms with E-state index < -0.39 is 23.6 Å². The van der Waals surface area contributed by atoms with Crippen LogP contribution in [-0.2, 0) is 20.9 Å². The van der Waals surface area contributed by atoms with Crippen LogP contribution in [-0.4, -0.2) is 62.8 Å². The van der Waals surface area contributed by atoms with E-state index in [9.17, 15) is 19.5 Å². The van der Waals surface area contributed by atoms with Gasteiger partial charge in [-0.1, -0.05) is 80.2 Å². The summed E-state index contributed by atoms with van der Waals surface area (Å²) < 4.78 is 0. The number of likely N-dealkylation sites (tertiary alicyclic amines) is 1. The Morgan fingerprint density at radius 3 is 2.42 bits per heavy atom. The second-order valence-electron chi connectivity index (χ2n) is 11.7. The fourth-order valence-corrected chi connectivity index (χ4v) is 6.13. The van der Waals surface area contributed by atoms with Crippen LogP contribution in [0.3, 0.4) is 0 Å². The maximum Gasteiger partial charge on any atom is 0.246 e. The number of unbranched alkanes of at least 4 members (excludes halogenated alkanes) is 4. The number of hydrogen-bond donors (Lipinski definition) is 3. The Balaban J connectivity index is 1.59. The predicted molar refractivity (Wildman–Crippen MR) is 163 cm³/mol. The summed E-state index contributed by atoms with van der Waals surface area (Å²) in [6.45, 7) is 8.05. The van der Waals surface area contributed by atoms with E-state index in [0.717, 1.165) is 59.1 Å². The summed E-state index contributed by atoms with van der Waals surface area (Å²) in [6, 6.07) is 6.37. The molecule has 10 heteroatoms. The van der Waals surface area contributed by atoms with Crippen molar-refractivity contribution < 1.29 is 19.5 Å². The van der Waals surface area contributed by atoms with Gasteiger partial charge < -0.3 is 20.6 Å². The number of benzene rings is 1. The summed E-state index contributed by atoms with van der Waals surface area (Å²) in [5, 5.41) is 17.3. The van der Waals surface area contributed by atoms with E-state index in [4.69, 9.17) is 0 Å². The van der Waals surface area contributed by atoms with Gasteiger partial charge in [0, 0.05) is 31.3 Å². The Kier molecular flexibility index (Phi) is 12.1. The molecular formula is C30H43BrN4O4S. The molecule has 2 aromatic rings. The number of alkyl halides is 1. The fraction of sp³-hybridized carbons (Fsp3) is 0.600. The van der Waals surface area contributed by atoms with E-state index in [1.165, 1.54) is 4.90 Å². The minimum absolute atomic E-state index is 0.0653. The minimum atomic E-state index is -0.795. The zero-order valence-electron chi connectivity index (χ0n) is 24.0. The highest BCUT2D eigenvalue weighted by Crippen LogP contribution is 2.28. The summed E-state index contributed by atoms with van der Waals surface area (Å²) in [4.78, 5) is 46.5. The van der Waals surface area contributed by atoms with E-state index in [-0.39, 0.29) is 30.7 Å². The largest absolute Gasteiger partial charge is 0.391 e. The van der Waals surface area contributed by atoms with Gasteiger partial charge in [-0.15, -0.1) is 11.3 Å². The molecule has 40 heavy (non-hydrogen) atoms. The van der Waals surface area contributed by atoms with Gasteiger partial charge in [0.1, 0.15) is 12.1 Å². The second kappa shape index (κ2) is 15.1. The molecule has 0 saturated carbocycles. The monoisotopic (exact) mass is 634 g/mol. The Morgan fingerprint density at radius 2 is 1.80 bits per heavy atom. The van der Waals surface area contributed by atoms with Crippen LogP contribution in [0.4, 0.5) is 0 Å². The van der Waals surface area contributed by atoms with Crippen molar-refractivity contribution in [3.63, 3.8) is 0 Å². The number of hydrogen-bond acceptors (Lipinski definition) is 6. The Bertz CT molecular complexity index is 1130. The first-order valence-corrected chi connectivity index (χ1v) is 16.1. The first kappa shape index (κ1) is 32.2. The zero-order valence-corrected chi connectivity index (χ0v) is 26.4. The minimum Gasteiger partial charge on any atom is -0.391 e. The van der Waals surface area contributed by atoms with Crippen molar-refractivity contribution in [3.05, 3.63) is 41.0 Å². The van der Waals surface area contributed by atoms with Crippen LogP contribution in [0.5, 0.6) is 0 Å². The summed E-state index contributed by atoms with van der Waals surface area (Å²) in [6.07, 6.45) is 4.83. The van der Waals surface area contributed by atoms with Gasteiger partial charge in [0.2, 0.25) is 17.7 Å². The van der Waals surface area contributed by atoms with Crippen LogP contribution < -0.4 is 10.6 Å². The molecule has 3 N–H and O–H groups in total. The number of halogens is 1. The van der Waals surface area contributed by atoms with Crippen LogP contribution >= 0.6 is 27.3 Å². The number of nitrogens with zero attached hydrogens (tertiary/aromatic N) is 2. The van der Waals surface area contributed by atoms with Gasteiger partial charge in [-0.25, -0.2) is 4.98 Å². The van der Waals surface area contributed by atoms with Gasteiger partial charge in [0.15, 0.2) is 0 Å². The summed E-state index contributed by atoms with van der Waals surface area (Å²) in [5.74, 6) is -0.805. The van der Waals surface area contributed by atoms with Gasteiger partial charge in [0.25, 0.3) is 0 Å². The molecule has 0 radical (unpaired) electrons. The number of aliphatic hydroxyl groups excluding tert-OH is 1. The van der Waals surface area contributed by atoms with Crippen molar-refractivity contribution in [2.24, 2.45) is 5.41 Å². The third kappa shape index (κ3) is 9.11. The molecule has 0 spiro atoms. The molecule has 2 heterocycles. The predicted octanol–water partition coefficient (Wildman–Crippen LogP) is 4.96. The average Bonchev–Trinajstić information content (AvgIpc) is 3.52. The SMILES string of the molecule is Cc1ncsc1-c1ccc(CNC(=O)C2CC(O)CN2C(=O)C(NC(=O)CCCCCCCBr)C(C)(C)C)cc1. The van der Waals surface area contributed by atoms with Crippen molar-refractivity contribution in [3.8, 4) is 10.4 Å². The number of amides is 3. The zero-order chi connectivity index (χ0) is 29.3. The van der Waals surface area contributed by atoms with Gasteiger partial charge in [-0.05, 0) is 36.3 Å². The number of rotatable bonds is 13. The molecule has 1 aromatic carbocycles. The van der Waals surface area contributed by atoms with Gasteiger partial charge in [-0.3, -0.25) is 14.4 Å². The molecule has 1 aliphatic rings. The number of aromatic nitrogens is 1. The van der Waals surface area contributed by atoms with Crippen LogP contribution in [0.2, 0.25) is 0 Å². The number of thiazole rings is 1. The van der Waals surface area contributed by atoms with Gasteiger partial charge in [0.05, 0.1) is 22.2 Å². The lowest BCUT2D eigenvalue weighted by molar-refractivity contribution is -0.144. The van der Waals surface area contributed by atoms with Crippen molar-refractivity contribution in [1.29, 1.82) is 0 Å². The van der Waals surface area contributed by atoms with Crippen LogP contribution in [0.15, 0.2) is 29.8 Å². The first-order valence-electron chi connectivity index (χ1n) is 14.1. The molecule has 3 atom stereocenters. The Hall–Kier alpha value is -2.30. The number of nitrogens with one attached hydrogen (secondary N) is 2. The molecule has 1 aromatic heterocycles. The topological polar surface area (TPSA) is 112 Å². The van der Waals surface area contributed by atoms with E-state index in [1.54, 1.807) is 11.3 Å². The van der Waals surface area contributed by atoms with Crippen molar-refractivity contribution in [2.45, 2.75) is 97.4 Å². The number of aryl methyl sites for hydroxylation is 1. The molecule has 3 unspecified atom stereocenters. The standard InChI is InChI=1S/C30H43BrN4O4S/c1-20-26(40-19-33-20)22-13-11-21(12-14-22)17-32-28(38)24-16-23(36)18-35(24)29(39)27(30(2,3)4)34-25(37)10-8-6-5-7-9-15-31/h11-14,19,23-24,27,36H,5-10,15-18H2,1-4H3,(H,32,38)(H,34,37). The normalized spacial score (nSPS) is 18.0. The number of aliphatic hydroxyl groups is 1. The van der Waals surface area contributed by atoms with E-state index in [0.29, 0.717) is 13.0 Å². The Morgan fingerprint density at radius 1 is 1.12 bits per heavy atom. The first-order chi connectivity index (χ1) is 19.0. The third-order valence-electron chi connectivity index (χ3n) is 7.25. The highest BCUT2D eigenvalue weighted by atomic mass is 79.9. The molecule has 1 saturated heterocycles. The highest BCUT2D eigenvalue weighted by Gasteiger charge is 2.44. The lowest BCUT2D eigenvalue weighted by atomic mass is 9.85. The molecule has 1 aliphatic heterocycles. The lowest BCUT2D eigenvalue weighted by Gasteiger charge is -2.35. The summed E-state index contributed by atoms with van der Waals surface area (Å²) in [5.41, 5.74) is 4.26. The van der Waals surface area contributed by atoms with Crippen LogP contribution in [0, 0.1) is 12.3 Å². The molecule has 3 amide bonds. The average molecular weight is 636 g/mol. The molecular weight excluding hydrogens is 592 g/mol. The van der Waals surface area contributed by atoms with E-state index in [2.05, 4.69) is 31.5 Å². The number of β-amino-alcohol motifs (C(OH)–C–C–N with tert-alkyl or cyclic N) is 1. The highest BCUT2D eigenvalue weighted by molar-refractivity contribution is 9.09. The van der Waals surface area contributed by atoms with Crippen molar-refractivity contribution in [1.82, 2.24) is 20.5 Å². The molecule has 8 nitrogen and oxygen atoms in total. The number of carbonyl (C=O) groups excluding carboxylic acids is 3. The van der Waals surface area contributed by atoms with Crippen LogP contribution in [0.1, 0.15) is 77.0 Å². The third-order valence-corrected chi connectivity index (χ3v) is 8.79. The molecule has 220 valence electrons. The summed E-state index contributed by atoms with van der Waals surface area (Å²) >= 11 is 5.02. The Labute approximate surface area is 250 Å². The van der Waals surface area contributed by atoms with Gasteiger partial charge >= 0.3 is 0 Å². The maximum atomic E-state index is 13.7. The van der Waals surface area contributed by atoms with Gasteiger partial charge in [-0.2, -0.15) is 0 Å². The van der Waals surface area contributed by atoms with E-state index in [1.807, 2.05) is 57.5 Å². The quantitative estimate of drug-likeness (QED) is 0.213. The molecule has 3 rings (SSSR count). The smallest absolute Gasteiger partial charge is 0.246 e. The number of carbonyl (C=O) groups is 3.